The molecule has 10 nitrogen and oxygen atoms in total. The van der Waals surface area contributed by atoms with E-state index in [1.807, 2.05) is 30.3 Å². The van der Waals surface area contributed by atoms with Crippen LogP contribution in [0.2, 0.25) is 0 Å². The number of rotatable bonds is 5. The molecule has 1 aromatic carbocycles. The van der Waals surface area contributed by atoms with Gasteiger partial charge in [0.1, 0.15) is 11.4 Å². The lowest BCUT2D eigenvalue weighted by molar-refractivity contribution is -0.134. The molecule has 2 aliphatic heterocycles. The maximum Gasteiger partial charge on any atom is 0.328 e. The highest BCUT2D eigenvalue weighted by atomic mass is 16.3. The Morgan fingerprint density at radius 1 is 1.10 bits per heavy atom. The van der Waals surface area contributed by atoms with Gasteiger partial charge in [-0.25, -0.2) is 9.78 Å². The van der Waals surface area contributed by atoms with Crippen LogP contribution >= 0.6 is 0 Å². The summed E-state index contributed by atoms with van der Waals surface area (Å²) in [5, 5.41) is 16.2. The molecular formula is C21H25N5O5. The van der Waals surface area contributed by atoms with Gasteiger partial charge in [0.15, 0.2) is 0 Å². The number of β-amino-alcohol motifs (C(OH)–C–C–N with tert-alkyl or cyclic N) is 1. The van der Waals surface area contributed by atoms with E-state index in [9.17, 15) is 14.7 Å². The van der Waals surface area contributed by atoms with Crippen molar-refractivity contribution < 1.29 is 24.6 Å². The standard InChI is InChI=1S/C20H23N5O3.CH2O2/c26-13-12-24-18(27)20(25(19(24)28)15-16-4-2-1-3-5-16)6-10-23(11-7-20)17-14-21-8-9-22-17;2-1-3/h1-5,8-9,14,26H,6-7,10-13,15H2;1H,(H,2,3). The maximum absolute atomic E-state index is 13.2. The second kappa shape index (κ2) is 9.98. The number of urea groups is 1. The number of nitrogens with zero attached hydrogens (tertiary/aromatic N) is 5. The van der Waals surface area contributed by atoms with Crippen LogP contribution in [0.25, 0.3) is 0 Å². The van der Waals surface area contributed by atoms with Crippen molar-refractivity contribution in [1.82, 2.24) is 19.8 Å². The number of aliphatic hydroxyl groups excluding tert-OH is 1. The topological polar surface area (TPSA) is 127 Å². The third-order valence-corrected chi connectivity index (χ3v) is 5.59. The molecule has 0 unspecified atom stereocenters. The molecule has 0 radical (unpaired) electrons. The summed E-state index contributed by atoms with van der Waals surface area (Å²) >= 11 is 0. The molecule has 3 heterocycles. The molecule has 3 amide bonds. The normalized spacial score (nSPS) is 17.5. The highest BCUT2D eigenvalue weighted by Crippen LogP contribution is 2.39. The van der Waals surface area contributed by atoms with Gasteiger partial charge in [0.25, 0.3) is 12.4 Å². The summed E-state index contributed by atoms with van der Waals surface area (Å²) in [5.74, 6) is 0.567. The van der Waals surface area contributed by atoms with Crippen LogP contribution in [-0.2, 0) is 16.1 Å². The first-order chi connectivity index (χ1) is 15.1. The monoisotopic (exact) mass is 427 g/mol. The molecule has 0 aliphatic carbocycles. The number of carbonyl (C=O) groups excluding carboxylic acids is 2. The average Bonchev–Trinajstić information content (AvgIpc) is 2.98. The average molecular weight is 427 g/mol. The minimum absolute atomic E-state index is 0.0264. The SMILES string of the molecule is O=C1N(CCO)C(=O)C2(CCN(c3cnccn3)CC2)N1Cc1ccccc1.O=CO. The summed E-state index contributed by atoms with van der Waals surface area (Å²) in [5.41, 5.74) is 0.103. The van der Waals surface area contributed by atoms with Crippen LogP contribution in [0, 0.1) is 0 Å². The molecular weight excluding hydrogens is 402 g/mol. The number of amides is 3. The summed E-state index contributed by atoms with van der Waals surface area (Å²) in [7, 11) is 0. The molecule has 31 heavy (non-hydrogen) atoms. The summed E-state index contributed by atoms with van der Waals surface area (Å²) in [6.45, 7) is 1.13. The van der Waals surface area contributed by atoms with Crippen LogP contribution in [0.5, 0.6) is 0 Å². The summed E-state index contributed by atoms with van der Waals surface area (Å²) in [6.07, 6.45) is 6.02. The number of piperidine rings is 1. The molecule has 164 valence electrons. The predicted octanol–water partition coefficient (Wildman–Crippen LogP) is 0.973. The van der Waals surface area contributed by atoms with E-state index in [4.69, 9.17) is 9.90 Å². The van der Waals surface area contributed by atoms with Crippen molar-refractivity contribution in [2.24, 2.45) is 0 Å². The zero-order chi connectivity index (χ0) is 22.3. The molecule has 2 fully saturated rings. The van der Waals surface area contributed by atoms with Gasteiger partial charge < -0.3 is 20.0 Å². The Morgan fingerprint density at radius 3 is 2.35 bits per heavy atom. The third kappa shape index (κ3) is 4.48. The second-order valence-electron chi connectivity index (χ2n) is 7.22. The largest absolute Gasteiger partial charge is 0.483 e. The van der Waals surface area contributed by atoms with Gasteiger partial charge in [-0.15, -0.1) is 0 Å². The lowest BCUT2D eigenvalue weighted by Crippen LogP contribution is -2.56. The minimum Gasteiger partial charge on any atom is -0.483 e. The van der Waals surface area contributed by atoms with Gasteiger partial charge in [0.2, 0.25) is 0 Å². The fourth-order valence-corrected chi connectivity index (χ4v) is 4.11. The van der Waals surface area contributed by atoms with Crippen molar-refractivity contribution >= 4 is 24.2 Å². The van der Waals surface area contributed by atoms with E-state index in [1.165, 1.54) is 4.90 Å². The Hall–Kier alpha value is -3.53. The number of benzene rings is 1. The van der Waals surface area contributed by atoms with E-state index in [0.717, 1.165) is 11.4 Å². The first-order valence-electron chi connectivity index (χ1n) is 9.94. The van der Waals surface area contributed by atoms with E-state index in [-0.39, 0.29) is 31.6 Å². The van der Waals surface area contributed by atoms with Gasteiger partial charge in [-0.1, -0.05) is 30.3 Å². The minimum atomic E-state index is -0.874. The van der Waals surface area contributed by atoms with E-state index >= 15 is 0 Å². The molecule has 0 atom stereocenters. The highest BCUT2D eigenvalue weighted by molar-refractivity contribution is 6.07. The van der Waals surface area contributed by atoms with Crippen LogP contribution < -0.4 is 4.90 Å². The molecule has 2 saturated heterocycles. The van der Waals surface area contributed by atoms with Gasteiger partial charge >= 0.3 is 6.03 Å². The van der Waals surface area contributed by atoms with E-state index in [2.05, 4.69) is 14.9 Å². The highest BCUT2D eigenvalue weighted by Gasteiger charge is 2.57. The van der Waals surface area contributed by atoms with Gasteiger partial charge in [0.05, 0.1) is 19.3 Å². The smallest absolute Gasteiger partial charge is 0.328 e. The molecule has 4 rings (SSSR count). The van der Waals surface area contributed by atoms with E-state index in [0.29, 0.717) is 32.5 Å². The zero-order valence-electron chi connectivity index (χ0n) is 17.0. The number of hydrogen-bond acceptors (Lipinski definition) is 7. The first kappa shape index (κ1) is 22.2. The fraction of sp³-hybridized carbons (Fsp3) is 0.381. The van der Waals surface area contributed by atoms with Crippen LogP contribution in [-0.4, -0.2) is 80.2 Å². The molecule has 2 aliphatic rings. The molecule has 2 N–H and O–H groups in total. The Labute approximate surface area is 179 Å². The van der Waals surface area contributed by atoms with E-state index in [1.54, 1.807) is 23.5 Å². The number of hydrogen-bond donors (Lipinski definition) is 2. The number of carbonyl (C=O) groups is 3. The predicted molar refractivity (Wildman–Crippen MR) is 111 cm³/mol. The Bertz CT molecular complexity index is 888. The summed E-state index contributed by atoms with van der Waals surface area (Å²) in [6, 6.07) is 9.35. The molecule has 1 aromatic heterocycles. The summed E-state index contributed by atoms with van der Waals surface area (Å²) in [4.78, 5) is 48.0. The van der Waals surface area contributed by atoms with Crippen LogP contribution in [0.4, 0.5) is 10.6 Å². The van der Waals surface area contributed by atoms with Crippen molar-refractivity contribution in [3.8, 4) is 0 Å². The number of aliphatic hydroxyl groups is 1. The van der Waals surface area contributed by atoms with E-state index < -0.39 is 5.54 Å². The van der Waals surface area contributed by atoms with Crippen molar-refractivity contribution in [2.75, 3.05) is 31.1 Å². The van der Waals surface area contributed by atoms with Gasteiger partial charge in [0, 0.05) is 32.0 Å². The van der Waals surface area contributed by atoms with Crippen LogP contribution in [0.15, 0.2) is 48.9 Å². The quantitative estimate of drug-likeness (QED) is 0.534. The van der Waals surface area contributed by atoms with Crippen molar-refractivity contribution in [2.45, 2.75) is 24.9 Å². The molecule has 0 saturated carbocycles. The summed E-state index contributed by atoms with van der Waals surface area (Å²) < 4.78 is 0. The third-order valence-electron chi connectivity index (χ3n) is 5.59. The fourth-order valence-electron chi connectivity index (χ4n) is 4.11. The van der Waals surface area contributed by atoms with Crippen molar-refractivity contribution in [1.29, 1.82) is 0 Å². The molecule has 10 heteroatoms. The number of aromatic nitrogens is 2. The van der Waals surface area contributed by atoms with Crippen LogP contribution in [0.3, 0.4) is 0 Å². The van der Waals surface area contributed by atoms with Gasteiger partial charge in [-0.2, -0.15) is 0 Å². The lowest BCUT2D eigenvalue weighted by Gasteiger charge is -2.42. The Kier molecular flexibility index (Phi) is 7.14. The molecule has 1 spiro atoms. The number of carboxylic acid groups (broad SMARTS) is 1. The first-order valence-corrected chi connectivity index (χ1v) is 9.94. The van der Waals surface area contributed by atoms with Crippen LogP contribution in [0.1, 0.15) is 18.4 Å². The van der Waals surface area contributed by atoms with Crippen molar-refractivity contribution in [3.63, 3.8) is 0 Å². The van der Waals surface area contributed by atoms with Crippen molar-refractivity contribution in [3.05, 3.63) is 54.5 Å². The molecule has 0 bridgehead atoms. The molecule has 2 aromatic rings. The Morgan fingerprint density at radius 2 is 1.77 bits per heavy atom. The Balaban J connectivity index is 0.000000858. The zero-order valence-corrected chi connectivity index (χ0v) is 17.0. The maximum atomic E-state index is 13.2. The number of anilines is 1. The second-order valence-corrected chi connectivity index (χ2v) is 7.22. The van der Waals surface area contributed by atoms with Gasteiger partial charge in [-0.3, -0.25) is 19.5 Å². The lowest BCUT2D eigenvalue weighted by atomic mass is 9.85. The van der Waals surface area contributed by atoms with Gasteiger partial charge in [-0.05, 0) is 18.4 Å². The number of imide groups is 1.